The molecule has 0 fully saturated rings. The Balaban J connectivity index is 1.79. The second-order valence-electron chi connectivity index (χ2n) is 6.83. The molecule has 1 N–H and O–H groups in total. The van der Waals surface area contributed by atoms with Crippen molar-refractivity contribution in [2.75, 3.05) is 5.32 Å². The molecule has 1 amide bonds. The van der Waals surface area contributed by atoms with Gasteiger partial charge in [0.25, 0.3) is 0 Å². The van der Waals surface area contributed by atoms with Crippen LogP contribution in [0, 0.1) is 0 Å². The number of unbranched alkanes of at least 4 members (excludes halogenated alkanes) is 4. The summed E-state index contributed by atoms with van der Waals surface area (Å²) in [7, 11) is 0. The van der Waals surface area contributed by atoms with E-state index < -0.39 is 5.97 Å². The molecule has 150 valence electrons. The fraction of sp³-hybridized carbons (Fsp3) is 0.391. The normalized spacial score (nSPS) is 11.5. The molecular formula is C23H29NO4. The van der Waals surface area contributed by atoms with Gasteiger partial charge in [-0.2, -0.15) is 0 Å². The number of rotatable bonds is 12. The van der Waals surface area contributed by atoms with Crippen LogP contribution in [0.25, 0.3) is 0 Å². The first kappa shape index (κ1) is 21.5. The fourth-order valence-electron chi connectivity index (χ4n) is 2.85. The van der Waals surface area contributed by atoms with Gasteiger partial charge in [0, 0.05) is 5.69 Å². The zero-order chi connectivity index (χ0) is 20.2. The van der Waals surface area contributed by atoms with E-state index in [9.17, 15) is 9.59 Å². The number of carbonyl (C=O) groups excluding carboxylic acids is 2. The smallest absolute Gasteiger partial charge is 0.343 e. The topological polar surface area (TPSA) is 64.6 Å². The molecular weight excluding hydrogens is 354 g/mol. The highest BCUT2D eigenvalue weighted by molar-refractivity contribution is 5.91. The summed E-state index contributed by atoms with van der Waals surface area (Å²) >= 11 is 0. The lowest BCUT2D eigenvalue weighted by Gasteiger charge is -2.15. The maximum absolute atomic E-state index is 12.2. The summed E-state index contributed by atoms with van der Waals surface area (Å²) in [5.41, 5.74) is 1.03. The van der Waals surface area contributed by atoms with Gasteiger partial charge in [-0.05, 0) is 68.3 Å². The van der Waals surface area contributed by atoms with Gasteiger partial charge in [0.1, 0.15) is 11.5 Å². The Morgan fingerprint density at radius 3 is 2.25 bits per heavy atom. The van der Waals surface area contributed by atoms with Crippen LogP contribution in [0.5, 0.6) is 11.5 Å². The van der Waals surface area contributed by atoms with Crippen LogP contribution in [0.2, 0.25) is 0 Å². The second kappa shape index (κ2) is 11.8. The van der Waals surface area contributed by atoms with Gasteiger partial charge < -0.3 is 14.8 Å². The third-order valence-electron chi connectivity index (χ3n) is 4.43. The predicted molar refractivity (Wildman–Crippen MR) is 111 cm³/mol. The molecule has 5 nitrogen and oxygen atoms in total. The van der Waals surface area contributed by atoms with Gasteiger partial charge in [-0.15, -0.1) is 0 Å². The summed E-state index contributed by atoms with van der Waals surface area (Å²) in [5, 5.41) is 2.52. The molecule has 0 saturated carbocycles. The van der Waals surface area contributed by atoms with Crippen molar-refractivity contribution in [1.82, 2.24) is 0 Å². The lowest BCUT2D eigenvalue weighted by Crippen LogP contribution is -2.11. The quantitative estimate of drug-likeness (QED) is 0.224. The first-order chi connectivity index (χ1) is 13.6. The monoisotopic (exact) mass is 383 g/mol. The maximum atomic E-state index is 12.2. The summed E-state index contributed by atoms with van der Waals surface area (Å²) in [5.74, 6) is 0.775. The Morgan fingerprint density at radius 1 is 0.964 bits per heavy atom. The molecule has 0 aliphatic carbocycles. The van der Waals surface area contributed by atoms with Crippen molar-refractivity contribution in [3.05, 3.63) is 54.1 Å². The van der Waals surface area contributed by atoms with E-state index in [4.69, 9.17) is 9.47 Å². The average Bonchev–Trinajstić information content (AvgIpc) is 2.70. The summed E-state index contributed by atoms with van der Waals surface area (Å²) in [6.07, 6.45) is 8.06. The Bertz CT molecular complexity index is 725. The first-order valence-corrected chi connectivity index (χ1v) is 9.91. The predicted octanol–water partition coefficient (Wildman–Crippen LogP) is 5.60. The summed E-state index contributed by atoms with van der Waals surface area (Å²) in [6, 6.07) is 13.6. The molecule has 2 aromatic rings. The Kier molecular flexibility index (Phi) is 9.05. The van der Waals surface area contributed by atoms with Crippen molar-refractivity contribution in [3.63, 3.8) is 0 Å². The van der Waals surface area contributed by atoms with E-state index in [-0.39, 0.29) is 6.10 Å². The van der Waals surface area contributed by atoms with Crippen molar-refractivity contribution in [2.24, 2.45) is 0 Å². The minimum atomic E-state index is -0.452. The van der Waals surface area contributed by atoms with Crippen LogP contribution in [-0.4, -0.2) is 18.5 Å². The molecule has 2 rings (SSSR count). The van der Waals surface area contributed by atoms with E-state index in [0.29, 0.717) is 23.4 Å². The highest BCUT2D eigenvalue weighted by Crippen LogP contribution is 2.21. The molecule has 0 radical (unpaired) electrons. The maximum Gasteiger partial charge on any atom is 0.343 e. The van der Waals surface area contributed by atoms with Gasteiger partial charge in [0.2, 0.25) is 6.41 Å². The summed E-state index contributed by atoms with van der Waals surface area (Å²) in [6.45, 7) is 4.30. The molecule has 0 saturated heterocycles. The number of hydrogen-bond acceptors (Lipinski definition) is 4. The van der Waals surface area contributed by atoms with Crippen LogP contribution in [0.1, 0.15) is 62.7 Å². The lowest BCUT2D eigenvalue weighted by molar-refractivity contribution is -0.105. The molecule has 28 heavy (non-hydrogen) atoms. The SMILES string of the molecule is CCCCCCC[C@H](C)Oc1ccc(OC(=O)c2ccc(NC=O)cc2)cc1. The summed E-state index contributed by atoms with van der Waals surface area (Å²) < 4.78 is 11.3. The van der Waals surface area contributed by atoms with Gasteiger partial charge in [-0.25, -0.2) is 4.79 Å². The minimum Gasteiger partial charge on any atom is -0.491 e. The third-order valence-corrected chi connectivity index (χ3v) is 4.43. The number of anilines is 1. The van der Waals surface area contributed by atoms with Gasteiger partial charge in [0.05, 0.1) is 11.7 Å². The zero-order valence-electron chi connectivity index (χ0n) is 16.6. The van der Waals surface area contributed by atoms with Crippen molar-refractivity contribution in [2.45, 2.75) is 58.5 Å². The highest BCUT2D eigenvalue weighted by Gasteiger charge is 2.09. The van der Waals surface area contributed by atoms with E-state index in [1.165, 1.54) is 32.1 Å². The van der Waals surface area contributed by atoms with Crippen LogP contribution >= 0.6 is 0 Å². The largest absolute Gasteiger partial charge is 0.491 e. The van der Waals surface area contributed by atoms with Crippen LogP contribution < -0.4 is 14.8 Å². The molecule has 0 aromatic heterocycles. The number of ether oxygens (including phenoxy) is 2. The molecule has 0 heterocycles. The molecule has 5 heteroatoms. The number of nitrogens with one attached hydrogen (secondary N) is 1. The van der Waals surface area contributed by atoms with Gasteiger partial charge in [-0.3, -0.25) is 4.79 Å². The molecule has 0 unspecified atom stereocenters. The standard InChI is InChI=1S/C23H29NO4/c1-3-4-5-6-7-8-18(2)27-21-13-15-22(16-14-21)28-23(26)19-9-11-20(12-10-19)24-17-25/h9-18H,3-8H2,1-2H3,(H,24,25)/t18-/m0/s1. The van der Waals surface area contributed by atoms with Gasteiger partial charge in [-0.1, -0.05) is 32.6 Å². The molecule has 0 aliphatic rings. The molecule has 0 spiro atoms. The van der Waals surface area contributed by atoms with E-state index in [0.717, 1.165) is 12.2 Å². The van der Waals surface area contributed by atoms with Gasteiger partial charge in [0.15, 0.2) is 0 Å². The zero-order valence-corrected chi connectivity index (χ0v) is 16.6. The average molecular weight is 383 g/mol. The Hall–Kier alpha value is -2.82. The van der Waals surface area contributed by atoms with Crippen molar-refractivity contribution < 1.29 is 19.1 Å². The number of amides is 1. The van der Waals surface area contributed by atoms with Crippen molar-refractivity contribution in [3.8, 4) is 11.5 Å². The third kappa shape index (κ3) is 7.43. The number of hydrogen-bond donors (Lipinski definition) is 1. The molecule has 2 aromatic carbocycles. The van der Waals surface area contributed by atoms with E-state index in [1.54, 1.807) is 36.4 Å². The highest BCUT2D eigenvalue weighted by atomic mass is 16.5. The molecule has 0 aliphatic heterocycles. The van der Waals surface area contributed by atoms with Crippen LogP contribution in [-0.2, 0) is 4.79 Å². The number of benzene rings is 2. The summed E-state index contributed by atoms with van der Waals surface area (Å²) in [4.78, 5) is 22.6. The van der Waals surface area contributed by atoms with Crippen LogP contribution in [0.4, 0.5) is 5.69 Å². The first-order valence-electron chi connectivity index (χ1n) is 9.91. The Labute approximate surface area is 167 Å². The van der Waals surface area contributed by atoms with Crippen LogP contribution in [0.15, 0.2) is 48.5 Å². The second-order valence-corrected chi connectivity index (χ2v) is 6.83. The van der Waals surface area contributed by atoms with Crippen LogP contribution in [0.3, 0.4) is 0 Å². The van der Waals surface area contributed by atoms with Crippen molar-refractivity contribution >= 4 is 18.1 Å². The lowest BCUT2D eigenvalue weighted by atomic mass is 10.1. The molecule has 1 atom stereocenters. The molecule has 0 bridgehead atoms. The minimum absolute atomic E-state index is 0.161. The van der Waals surface area contributed by atoms with E-state index in [2.05, 4.69) is 19.2 Å². The number of esters is 1. The van der Waals surface area contributed by atoms with Gasteiger partial charge >= 0.3 is 5.97 Å². The number of carbonyl (C=O) groups is 2. The van der Waals surface area contributed by atoms with E-state index in [1.807, 2.05) is 12.1 Å². The fourth-order valence-corrected chi connectivity index (χ4v) is 2.85. The Morgan fingerprint density at radius 2 is 1.61 bits per heavy atom. The van der Waals surface area contributed by atoms with Crippen molar-refractivity contribution in [1.29, 1.82) is 0 Å². The van der Waals surface area contributed by atoms with E-state index >= 15 is 0 Å².